The van der Waals surface area contributed by atoms with Crippen LogP contribution in [-0.4, -0.2) is 22.9 Å². The third kappa shape index (κ3) is 4.95. The molecule has 0 saturated heterocycles. The van der Waals surface area contributed by atoms with Crippen molar-refractivity contribution in [3.63, 3.8) is 0 Å². The normalized spacial score (nSPS) is 10.0. The fraction of sp³-hybridized carbons (Fsp3) is 0.167. The fourth-order valence-corrected chi connectivity index (χ4v) is 2.06. The number of amides is 2. The molecule has 0 atom stereocenters. The molecule has 0 fully saturated rings. The summed E-state index contributed by atoms with van der Waals surface area (Å²) in [6, 6.07) is 13.9. The molecule has 0 bridgehead atoms. The van der Waals surface area contributed by atoms with Crippen LogP contribution in [0.25, 0.3) is 0 Å². The minimum Gasteiger partial charge on any atom is -0.481 e. The van der Waals surface area contributed by atoms with Crippen molar-refractivity contribution in [2.45, 2.75) is 19.8 Å². The molecule has 0 aliphatic carbocycles. The average molecular weight is 326 g/mol. The number of carbonyl (C=O) groups is 3. The Morgan fingerprint density at radius 2 is 1.58 bits per heavy atom. The van der Waals surface area contributed by atoms with Crippen LogP contribution in [0.1, 0.15) is 28.8 Å². The van der Waals surface area contributed by atoms with E-state index in [9.17, 15) is 14.4 Å². The molecule has 0 aliphatic heterocycles. The second-order valence-corrected chi connectivity index (χ2v) is 5.29. The van der Waals surface area contributed by atoms with E-state index in [-0.39, 0.29) is 24.7 Å². The minimum atomic E-state index is -1.02. The number of aryl methyl sites for hydroxylation is 1. The highest BCUT2D eigenvalue weighted by molar-refractivity contribution is 6.05. The van der Waals surface area contributed by atoms with Crippen LogP contribution in [0, 0.1) is 6.92 Å². The summed E-state index contributed by atoms with van der Waals surface area (Å²) >= 11 is 0. The van der Waals surface area contributed by atoms with Crippen molar-refractivity contribution in [3.05, 3.63) is 59.7 Å². The van der Waals surface area contributed by atoms with Gasteiger partial charge in [0.25, 0.3) is 5.91 Å². The van der Waals surface area contributed by atoms with Crippen molar-refractivity contribution in [2.24, 2.45) is 0 Å². The van der Waals surface area contributed by atoms with Crippen LogP contribution >= 0.6 is 0 Å². The number of para-hydroxylation sites is 1. The Morgan fingerprint density at radius 3 is 2.21 bits per heavy atom. The zero-order chi connectivity index (χ0) is 17.5. The Labute approximate surface area is 139 Å². The standard InChI is InChI=1S/C18H18N2O4/c1-12-4-2-3-5-15(12)20-18(24)13-6-8-14(9-7-13)19-16(21)10-11-17(22)23/h2-9H,10-11H2,1H3,(H,19,21)(H,20,24)(H,22,23). The van der Waals surface area contributed by atoms with Gasteiger partial charge in [-0.25, -0.2) is 0 Å². The molecular weight excluding hydrogens is 308 g/mol. The Hall–Kier alpha value is -3.15. The largest absolute Gasteiger partial charge is 0.481 e. The number of carbonyl (C=O) groups excluding carboxylic acids is 2. The molecule has 0 aromatic heterocycles. The van der Waals surface area contributed by atoms with Crippen LogP contribution in [0.3, 0.4) is 0 Å². The number of hydrogen-bond acceptors (Lipinski definition) is 3. The SMILES string of the molecule is Cc1ccccc1NC(=O)c1ccc(NC(=O)CCC(=O)O)cc1. The lowest BCUT2D eigenvalue weighted by molar-refractivity contribution is -0.138. The second kappa shape index (κ2) is 7.92. The van der Waals surface area contributed by atoms with Crippen LogP contribution in [0.4, 0.5) is 11.4 Å². The number of nitrogens with one attached hydrogen (secondary N) is 2. The van der Waals surface area contributed by atoms with Gasteiger partial charge in [-0.3, -0.25) is 14.4 Å². The summed E-state index contributed by atoms with van der Waals surface area (Å²) in [7, 11) is 0. The van der Waals surface area contributed by atoms with E-state index in [0.717, 1.165) is 11.3 Å². The van der Waals surface area contributed by atoms with Gasteiger partial charge in [-0.05, 0) is 42.8 Å². The van der Waals surface area contributed by atoms with Gasteiger partial charge in [0.15, 0.2) is 0 Å². The van der Waals surface area contributed by atoms with Crippen molar-refractivity contribution in [3.8, 4) is 0 Å². The molecule has 2 amide bonds. The van der Waals surface area contributed by atoms with Crippen molar-refractivity contribution < 1.29 is 19.5 Å². The lowest BCUT2D eigenvalue weighted by Crippen LogP contribution is -2.14. The summed E-state index contributed by atoms with van der Waals surface area (Å²) in [4.78, 5) is 34.2. The van der Waals surface area contributed by atoms with Gasteiger partial charge in [0.1, 0.15) is 0 Å². The van der Waals surface area contributed by atoms with Gasteiger partial charge in [-0.2, -0.15) is 0 Å². The van der Waals surface area contributed by atoms with E-state index >= 15 is 0 Å². The Bertz CT molecular complexity index is 754. The van der Waals surface area contributed by atoms with E-state index in [0.29, 0.717) is 11.3 Å². The zero-order valence-corrected chi connectivity index (χ0v) is 13.2. The Kier molecular flexibility index (Phi) is 5.68. The fourth-order valence-electron chi connectivity index (χ4n) is 2.06. The topological polar surface area (TPSA) is 95.5 Å². The number of carboxylic acids is 1. The molecule has 0 unspecified atom stereocenters. The molecule has 6 heteroatoms. The second-order valence-electron chi connectivity index (χ2n) is 5.29. The molecule has 0 saturated carbocycles. The molecular formula is C18H18N2O4. The zero-order valence-electron chi connectivity index (χ0n) is 13.2. The number of hydrogen-bond donors (Lipinski definition) is 3. The molecule has 2 aromatic rings. The first-order valence-electron chi connectivity index (χ1n) is 7.44. The number of anilines is 2. The summed E-state index contributed by atoms with van der Waals surface area (Å²) in [6.45, 7) is 1.91. The maximum absolute atomic E-state index is 12.2. The third-order valence-electron chi connectivity index (χ3n) is 3.39. The maximum Gasteiger partial charge on any atom is 0.303 e. The van der Waals surface area contributed by atoms with Gasteiger partial charge in [-0.15, -0.1) is 0 Å². The van der Waals surface area contributed by atoms with Gasteiger partial charge in [0.05, 0.1) is 6.42 Å². The predicted molar refractivity (Wildman–Crippen MR) is 91.1 cm³/mol. The first kappa shape index (κ1) is 17.2. The van der Waals surface area contributed by atoms with Crippen LogP contribution in [0.2, 0.25) is 0 Å². The van der Waals surface area contributed by atoms with E-state index in [1.165, 1.54) is 0 Å². The molecule has 2 rings (SSSR count). The lowest BCUT2D eigenvalue weighted by Gasteiger charge is -2.09. The molecule has 3 N–H and O–H groups in total. The summed E-state index contributed by atoms with van der Waals surface area (Å²) < 4.78 is 0. The van der Waals surface area contributed by atoms with Crippen LogP contribution in [-0.2, 0) is 9.59 Å². The van der Waals surface area contributed by atoms with Gasteiger partial charge in [0, 0.05) is 23.4 Å². The van der Waals surface area contributed by atoms with Crippen molar-refractivity contribution in [1.82, 2.24) is 0 Å². The van der Waals surface area contributed by atoms with Crippen molar-refractivity contribution in [1.29, 1.82) is 0 Å². The van der Waals surface area contributed by atoms with E-state index < -0.39 is 5.97 Å². The van der Waals surface area contributed by atoms with Gasteiger partial charge in [-0.1, -0.05) is 18.2 Å². The van der Waals surface area contributed by atoms with Crippen LogP contribution < -0.4 is 10.6 Å². The molecule has 124 valence electrons. The van der Waals surface area contributed by atoms with E-state index in [1.807, 2.05) is 31.2 Å². The van der Waals surface area contributed by atoms with Crippen LogP contribution in [0.5, 0.6) is 0 Å². The van der Waals surface area contributed by atoms with Crippen molar-refractivity contribution >= 4 is 29.2 Å². The highest BCUT2D eigenvalue weighted by Gasteiger charge is 2.09. The molecule has 0 heterocycles. The summed E-state index contributed by atoms with van der Waals surface area (Å²) in [5, 5.41) is 14.0. The number of aliphatic carboxylic acids is 1. The summed E-state index contributed by atoms with van der Waals surface area (Å²) in [5.74, 6) is -1.64. The molecule has 24 heavy (non-hydrogen) atoms. The van der Waals surface area contributed by atoms with Crippen LogP contribution in [0.15, 0.2) is 48.5 Å². The number of carboxylic acid groups (broad SMARTS) is 1. The Morgan fingerprint density at radius 1 is 0.917 bits per heavy atom. The maximum atomic E-state index is 12.2. The molecule has 0 aliphatic rings. The number of rotatable bonds is 6. The first-order chi connectivity index (χ1) is 11.5. The molecule has 2 aromatic carbocycles. The highest BCUT2D eigenvalue weighted by Crippen LogP contribution is 2.16. The van der Waals surface area contributed by atoms with Gasteiger partial charge >= 0.3 is 5.97 Å². The molecule has 0 radical (unpaired) electrons. The highest BCUT2D eigenvalue weighted by atomic mass is 16.4. The quantitative estimate of drug-likeness (QED) is 0.760. The van der Waals surface area contributed by atoms with E-state index in [2.05, 4.69) is 10.6 Å². The molecule has 0 spiro atoms. The smallest absolute Gasteiger partial charge is 0.303 e. The van der Waals surface area contributed by atoms with E-state index in [1.54, 1.807) is 24.3 Å². The average Bonchev–Trinajstić information content (AvgIpc) is 2.55. The molecule has 6 nitrogen and oxygen atoms in total. The summed E-state index contributed by atoms with van der Waals surface area (Å²) in [6.07, 6.45) is -0.312. The Balaban J connectivity index is 1.96. The van der Waals surface area contributed by atoms with Gasteiger partial charge < -0.3 is 15.7 Å². The monoisotopic (exact) mass is 326 g/mol. The first-order valence-corrected chi connectivity index (χ1v) is 7.44. The number of benzene rings is 2. The van der Waals surface area contributed by atoms with E-state index in [4.69, 9.17) is 5.11 Å². The van der Waals surface area contributed by atoms with Crippen molar-refractivity contribution in [2.75, 3.05) is 10.6 Å². The minimum absolute atomic E-state index is 0.0924. The third-order valence-corrected chi connectivity index (χ3v) is 3.39. The lowest BCUT2D eigenvalue weighted by atomic mass is 10.1. The predicted octanol–water partition coefficient (Wildman–Crippen LogP) is 3.05. The van der Waals surface area contributed by atoms with Gasteiger partial charge in [0.2, 0.25) is 5.91 Å². The summed E-state index contributed by atoms with van der Waals surface area (Å²) in [5.41, 5.74) is 2.68.